The molecule has 0 aromatic heterocycles. The molecule has 14 heavy (non-hydrogen) atoms. The molecular formula is C6H4Cl3NO3S. The minimum atomic E-state index is -4.04. The van der Waals surface area contributed by atoms with Gasteiger partial charge in [0, 0.05) is 0 Å². The van der Waals surface area contributed by atoms with E-state index in [4.69, 9.17) is 40.0 Å². The van der Waals surface area contributed by atoms with Crippen molar-refractivity contribution in [2.75, 3.05) is 0 Å². The van der Waals surface area contributed by atoms with Gasteiger partial charge in [0.25, 0.3) is 10.0 Å². The smallest absolute Gasteiger partial charge is 0.263 e. The first-order valence-corrected chi connectivity index (χ1v) is 5.80. The number of hydrogen-bond donors (Lipinski definition) is 2. The summed E-state index contributed by atoms with van der Waals surface area (Å²) < 4.78 is 22.3. The highest BCUT2D eigenvalue weighted by Crippen LogP contribution is 2.31. The molecule has 0 saturated heterocycles. The Kier molecular flexibility index (Phi) is 3.63. The maximum atomic E-state index is 11.1. The van der Waals surface area contributed by atoms with E-state index in [1.165, 1.54) is 6.07 Å². The zero-order valence-corrected chi connectivity index (χ0v) is 9.54. The lowest BCUT2D eigenvalue weighted by atomic mass is 10.4. The summed E-state index contributed by atoms with van der Waals surface area (Å²) in [5.74, 6) is 0. The molecule has 2 N–H and O–H groups in total. The summed E-state index contributed by atoms with van der Waals surface area (Å²) in [6.45, 7) is 0. The molecule has 0 aliphatic rings. The summed E-state index contributed by atoms with van der Waals surface area (Å²) in [6.07, 6.45) is 0. The van der Waals surface area contributed by atoms with Gasteiger partial charge in [0.15, 0.2) is 0 Å². The van der Waals surface area contributed by atoms with Crippen molar-refractivity contribution in [3.8, 4) is 0 Å². The third-order valence-corrected chi connectivity index (χ3v) is 3.69. The van der Waals surface area contributed by atoms with Crippen LogP contribution in [0.25, 0.3) is 0 Å². The third-order valence-electron chi connectivity index (χ3n) is 1.38. The summed E-state index contributed by atoms with van der Waals surface area (Å²) in [6, 6.07) is 2.22. The molecule has 0 spiro atoms. The van der Waals surface area contributed by atoms with E-state index in [1.807, 2.05) is 0 Å². The highest BCUT2D eigenvalue weighted by atomic mass is 35.5. The number of benzene rings is 1. The van der Waals surface area contributed by atoms with Crippen molar-refractivity contribution < 1.29 is 13.6 Å². The highest BCUT2D eigenvalue weighted by molar-refractivity contribution is 7.89. The normalized spacial score (nSPS) is 11.7. The van der Waals surface area contributed by atoms with Crippen LogP contribution in [0.1, 0.15) is 0 Å². The Morgan fingerprint density at radius 2 is 1.57 bits per heavy atom. The van der Waals surface area contributed by atoms with Crippen LogP contribution in [0.3, 0.4) is 0 Å². The second-order valence-corrected chi connectivity index (χ2v) is 5.14. The van der Waals surface area contributed by atoms with Gasteiger partial charge in [-0.3, -0.25) is 0 Å². The van der Waals surface area contributed by atoms with Gasteiger partial charge in [-0.1, -0.05) is 39.7 Å². The van der Waals surface area contributed by atoms with Crippen LogP contribution in [-0.4, -0.2) is 13.6 Å². The summed E-state index contributed by atoms with van der Waals surface area (Å²) in [5.41, 5.74) is 0. The van der Waals surface area contributed by atoms with Gasteiger partial charge in [-0.2, -0.15) is 0 Å². The average Bonchev–Trinajstić information content (AvgIpc) is 2.11. The zero-order chi connectivity index (χ0) is 10.9. The SMILES string of the molecule is O=S(=O)(NO)c1cc(Cl)c(Cl)cc1Cl. The van der Waals surface area contributed by atoms with Crippen molar-refractivity contribution in [3.05, 3.63) is 27.2 Å². The van der Waals surface area contributed by atoms with Crippen LogP contribution in [-0.2, 0) is 10.0 Å². The minimum absolute atomic E-state index is 0.0323. The molecule has 0 unspecified atom stereocenters. The van der Waals surface area contributed by atoms with Crippen molar-refractivity contribution in [2.45, 2.75) is 4.90 Å². The summed E-state index contributed by atoms with van der Waals surface area (Å²) >= 11 is 16.8. The lowest BCUT2D eigenvalue weighted by molar-refractivity contribution is 0.242. The van der Waals surface area contributed by atoms with Gasteiger partial charge >= 0.3 is 0 Å². The molecule has 0 radical (unpaired) electrons. The number of sulfonamides is 1. The Morgan fingerprint density at radius 1 is 1.07 bits per heavy atom. The highest BCUT2D eigenvalue weighted by Gasteiger charge is 2.18. The van der Waals surface area contributed by atoms with Crippen LogP contribution >= 0.6 is 34.8 Å². The van der Waals surface area contributed by atoms with Crippen molar-refractivity contribution in [2.24, 2.45) is 0 Å². The Morgan fingerprint density at radius 3 is 2.07 bits per heavy atom. The summed E-state index contributed by atoms with van der Waals surface area (Å²) in [4.78, 5) is 0.794. The van der Waals surface area contributed by atoms with Gasteiger partial charge in [0.2, 0.25) is 0 Å². The topological polar surface area (TPSA) is 66.4 Å². The van der Waals surface area contributed by atoms with Gasteiger partial charge < -0.3 is 5.21 Å². The molecule has 0 aliphatic carbocycles. The molecule has 0 bridgehead atoms. The van der Waals surface area contributed by atoms with Crippen LogP contribution < -0.4 is 4.89 Å². The quantitative estimate of drug-likeness (QED) is 0.643. The molecule has 1 aromatic rings. The van der Waals surface area contributed by atoms with Crippen molar-refractivity contribution >= 4 is 44.8 Å². The number of rotatable bonds is 2. The standard InChI is InChI=1S/C6H4Cl3NO3S/c7-3-1-5(9)6(2-4(3)8)14(12,13)10-11/h1-2,10-11H. The van der Waals surface area contributed by atoms with Crippen molar-refractivity contribution in [1.29, 1.82) is 0 Å². The predicted molar refractivity (Wildman–Crippen MR) is 53.6 cm³/mol. The first-order chi connectivity index (χ1) is 6.38. The largest absolute Gasteiger partial charge is 0.302 e. The predicted octanol–water partition coefficient (Wildman–Crippen LogP) is 2.31. The van der Waals surface area contributed by atoms with E-state index in [-0.39, 0.29) is 20.0 Å². The first-order valence-electron chi connectivity index (χ1n) is 3.19. The zero-order valence-electron chi connectivity index (χ0n) is 6.46. The van der Waals surface area contributed by atoms with E-state index < -0.39 is 10.0 Å². The van der Waals surface area contributed by atoms with E-state index in [0.29, 0.717) is 0 Å². The van der Waals surface area contributed by atoms with E-state index in [9.17, 15) is 8.42 Å². The third kappa shape index (κ3) is 2.31. The monoisotopic (exact) mass is 275 g/mol. The maximum absolute atomic E-state index is 11.1. The molecule has 4 nitrogen and oxygen atoms in total. The van der Waals surface area contributed by atoms with Crippen LogP contribution in [0.5, 0.6) is 0 Å². The first kappa shape index (κ1) is 12.0. The maximum Gasteiger partial charge on any atom is 0.263 e. The number of hydrogen-bond acceptors (Lipinski definition) is 3. The Balaban J connectivity index is 3.45. The van der Waals surface area contributed by atoms with E-state index >= 15 is 0 Å². The van der Waals surface area contributed by atoms with Crippen molar-refractivity contribution in [1.82, 2.24) is 4.89 Å². The van der Waals surface area contributed by atoms with Crippen molar-refractivity contribution in [3.63, 3.8) is 0 Å². The van der Waals surface area contributed by atoms with Crippen LogP contribution in [0.15, 0.2) is 17.0 Å². The second kappa shape index (κ2) is 4.22. The molecule has 0 heterocycles. The van der Waals surface area contributed by atoms with Crippen LogP contribution in [0.4, 0.5) is 0 Å². The average molecular weight is 277 g/mol. The Hall–Kier alpha value is -0.0400. The second-order valence-electron chi connectivity index (χ2n) is 2.29. The number of nitrogens with one attached hydrogen (secondary N) is 1. The summed E-state index contributed by atoms with van der Waals surface area (Å²) in [7, 11) is -4.04. The van der Waals surface area contributed by atoms with Gasteiger partial charge in [-0.15, -0.1) is 0 Å². The van der Waals surface area contributed by atoms with Gasteiger partial charge in [0.1, 0.15) is 4.90 Å². The molecule has 0 saturated carbocycles. The molecule has 0 fully saturated rings. The fraction of sp³-hybridized carbons (Fsp3) is 0. The Labute approximate surface area is 95.4 Å². The Bertz CT molecular complexity index is 460. The fourth-order valence-corrected chi connectivity index (χ4v) is 2.36. The molecule has 1 rings (SSSR count). The van der Waals surface area contributed by atoms with Gasteiger partial charge in [0.05, 0.1) is 15.1 Å². The van der Waals surface area contributed by atoms with Crippen LogP contribution in [0, 0.1) is 0 Å². The van der Waals surface area contributed by atoms with E-state index in [0.717, 1.165) is 11.0 Å². The molecule has 0 amide bonds. The lowest BCUT2D eigenvalue weighted by Crippen LogP contribution is -2.19. The fourth-order valence-electron chi connectivity index (χ4n) is 0.759. The van der Waals surface area contributed by atoms with Crippen LogP contribution in [0.2, 0.25) is 15.1 Å². The molecule has 78 valence electrons. The lowest BCUT2D eigenvalue weighted by Gasteiger charge is -2.05. The minimum Gasteiger partial charge on any atom is -0.302 e. The summed E-state index contributed by atoms with van der Waals surface area (Å²) in [5, 5.41) is 8.40. The van der Waals surface area contributed by atoms with E-state index in [1.54, 1.807) is 0 Å². The molecule has 0 aliphatic heterocycles. The molecule has 8 heteroatoms. The molecule has 0 atom stereocenters. The molecular weight excluding hydrogens is 272 g/mol. The van der Waals surface area contributed by atoms with Gasteiger partial charge in [-0.05, 0) is 12.1 Å². The van der Waals surface area contributed by atoms with Gasteiger partial charge in [-0.25, -0.2) is 8.42 Å². The van der Waals surface area contributed by atoms with E-state index in [2.05, 4.69) is 0 Å². The number of halogens is 3. The molecule has 1 aromatic carbocycles.